The van der Waals surface area contributed by atoms with Gasteiger partial charge in [0.1, 0.15) is 0 Å². The molecule has 0 aromatic rings. The minimum absolute atomic E-state index is 0.209. The van der Waals surface area contributed by atoms with E-state index in [2.05, 4.69) is 16.6 Å². The van der Waals surface area contributed by atoms with E-state index in [1.54, 1.807) is 0 Å². The predicted molar refractivity (Wildman–Crippen MR) is 59.2 cm³/mol. The largest absolute Gasteiger partial charge is 0.454 e. The van der Waals surface area contributed by atoms with E-state index in [-0.39, 0.29) is 6.61 Å². The highest BCUT2D eigenvalue weighted by Gasteiger charge is 2.16. The van der Waals surface area contributed by atoms with Crippen LogP contribution in [0.4, 0.5) is 4.79 Å². The molecule has 0 heterocycles. The summed E-state index contributed by atoms with van der Waals surface area (Å²) in [6.45, 7) is 4.59. The van der Waals surface area contributed by atoms with Crippen molar-refractivity contribution < 1.29 is 23.9 Å². The Bertz CT molecular complexity index is 303. The lowest BCUT2D eigenvalue weighted by atomic mass is 10.4. The molecular weight excluding hydrogens is 228 g/mol. The van der Waals surface area contributed by atoms with Gasteiger partial charge in [-0.15, -0.1) is 6.58 Å². The van der Waals surface area contributed by atoms with Crippen LogP contribution in [0.2, 0.25) is 0 Å². The Morgan fingerprint density at radius 3 is 2.59 bits per heavy atom. The van der Waals surface area contributed by atoms with Gasteiger partial charge >= 0.3 is 12.0 Å². The summed E-state index contributed by atoms with van der Waals surface area (Å²) in [5.41, 5.74) is 0. The monoisotopic (exact) mass is 244 g/mol. The molecule has 0 saturated carbocycles. The lowest BCUT2D eigenvalue weighted by Gasteiger charge is -2.10. The second kappa shape index (κ2) is 8.28. The Morgan fingerprint density at radius 2 is 2.06 bits per heavy atom. The molecule has 3 amide bonds. The fourth-order valence-electron chi connectivity index (χ4n) is 0.760. The first-order valence-electron chi connectivity index (χ1n) is 4.92. The van der Waals surface area contributed by atoms with E-state index in [1.807, 2.05) is 5.32 Å². The standard InChI is InChI=1S/C10H16N2O5/c1-4-5-16-7(2)9(14)17-6-8(13)12-10(15)11-3/h4,7H,1,5-6H2,2-3H3,(H2,11,12,13,15). The summed E-state index contributed by atoms with van der Waals surface area (Å²) in [6, 6.07) is -0.665. The SMILES string of the molecule is C=CCOC(C)C(=O)OCC(=O)NC(=O)NC. The van der Waals surface area contributed by atoms with Gasteiger partial charge in [0.15, 0.2) is 12.7 Å². The molecule has 0 saturated heterocycles. The number of ether oxygens (including phenoxy) is 2. The van der Waals surface area contributed by atoms with Gasteiger partial charge in [0.2, 0.25) is 0 Å². The first-order valence-corrected chi connectivity index (χ1v) is 4.92. The van der Waals surface area contributed by atoms with Crippen molar-refractivity contribution in [2.24, 2.45) is 0 Å². The number of esters is 1. The minimum atomic E-state index is -0.791. The van der Waals surface area contributed by atoms with E-state index in [1.165, 1.54) is 20.0 Å². The normalized spacial score (nSPS) is 11.2. The number of imide groups is 1. The van der Waals surface area contributed by atoms with Gasteiger partial charge < -0.3 is 14.8 Å². The molecule has 0 aliphatic carbocycles. The Balaban J connectivity index is 3.86. The van der Waals surface area contributed by atoms with Crippen LogP contribution in [0.15, 0.2) is 12.7 Å². The molecule has 0 fully saturated rings. The Kier molecular flexibility index (Phi) is 7.36. The van der Waals surface area contributed by atoms with E-state index in [9.17, 15) is 14.4 Å². The summed E-state index contributed by atoms with van der Waals surface area (Å²) in [7, 11) is 1.36. The average Bonchev–Trinajstić information content (AvgIpc) is 2.32. The van der Waals surface area contributed by atoms with Gasteiger partial charge in [0.25, 0.3) is 5.91 Å². The lowest BCUT2D eigenvalue weighted by Crippen LogP contribution is -2.40. The van der Waals surface area contributed by atoms with E-state index in [0.717, 1.165) is 0 Å². The molecule has 7 heteroatoms. The molecular formula is C10H16N2O5. The van der Waals surface area contributed by atoms with Gasteiger partial charge in [-0.25, -0.2) is 9.59 Å². The molecule has 96 valence electrons. The highest BCUT2D eigenvalue weighted by atomic mass is 16.6. The molecule has 0 aliphatic heterocycles. The van der Waals surface area contributed by atoms with Crippen molar-refractivity contribution in [1.82, 2.24) is 10.6 Å². The third kappa shape index (κ3) is 7.07. The van der Waals surface area contributed by atoms with Crippen molar-refractivity contribution in [2.45, 2.75) is 13.0 Å². The third-order valence-electron chi connectivity index (χ3n) is 1.62. The molecule has 1 atom stereocenters. The number of urea groups is 1. The van der Waals surface area contributed by atoms with Crippen LogP contribution >= 0.6 is 0 Å². The van der Waals surface area contributed by atoms with Crippen molar-refractivity contribution in [1.29, 1.82) is 0 Å². The predicted octanol–water partition coefficient (Wildman–Crippen LogP) is -0.424. The molecule has 0 aliphatic rings. The van der Waals surface area contributed by atoms with Gasteiger partial charge in [0, 0.05) is 7.05 Å². The van der Waals surface area contributed by atoms with Crippen molar-refractivity contribution in [3.8, 4) is 0 Å². The first kappa shape index (κ1) is 15.1. The summed E-state index contributed by atoms with van der Waals surface area (Å²) in [4.78, 5) is 33.0. The molecule has 0 radical (unpaired) electrons. The number of hydrogen-bond acceptors (Lipinski definition) is 5. The maximum atomic E-state index is 11.2. The van der Waals surface area contributed by atoms with E-state index >= 15 is 0 Å². The molecule has 0 spiro atoms. The molecule has 7 nitrogen and oxygen atoms in total. The summed E-state index contributed by atoms with van der Waals surface area (Å²) < 4.78 is 9.60. The fraction of sp³-hybridized carbons (Fsp3) is 0.500. The van der Waals surface area contributed by atoms with Crippen LogP contribution in [0.25, 0.3) is 0 Å². The molecule has 0 rings (SSSR count). The molecule has 0 aromatic carbocycles. The van der Waals surface area contributed by atoms with Crippen LogP contribution in [0, 0.1) is 0 Å². The van der Waals surface area contributed by atoms with E-state index in [4.69, 9.17) is 4.74 Å². The van der Waals surface area contributed by atoms with Crippen LogP contribution in [0.1, 0.15) is 6.92 Å². The molecule has 2 N–H and O–H groups in total. The minimum Gasteiger partial charge on any atom is -0.454 e. The Labute approximate surface area is 99.1 Å². The zero-order chi connectivity index (χ0) is 13.3. The second-order valence-corrected chi connectivity index (χ2v) is 3.00. The Hall–Kier alpha value is -1.89. The van der Waals surface area contributed by atoms with Crippen LogP contribution in [-0.2, 0) is 19.1 Å². The Morgan fingerprint density at radius 1 is 1.41 bits per heavy atom. The molecule has 1 unspecified atom stereocenters. The van der Waals surface area contributed by atoms with Gasteiger partial charge in [-0.3, -0.25) is 10.1 Å². The molecule has 17 heavy (non-hydrogen) atoms. The molecule has 0 bridgehead atoms. The zero-order valence-electron chi connectivity index (χ0n) is 9.82. The smallest absolute Gasteiger partial charge is 0.335 e. The van der Waals surface area contributed by atoms with Gasteiger partial charge in [0.05, 0.1) is 6.61 Å². The second-order valence-electron chi connectivity index (χ2n) is 3.00. The summed E-state index contributed by atoms with van der Waals surface area (Å²) in [5, 5.41) is 4.13. The van der Waals surface area contributed by atoms with Crippen LogP contribution in [0.3, 0.4) is 0 Å². The molecule has 0 aromatic heterocycles. The number of rotatable bonds is 6. The van der Waals surface area contributed by atoms with Crippen LogP contribution in [-0.4, -0.2) is 44.3 Å². The maximum absolute atomic E-state index is 11.2. The van der Waals surface area contributed by atoms with Gasteiger partial charge in [-0.2, -0.15) is 0 Å². The van der Waals surface area contributed by atoms with E-state index < -0.39 is 30.6 Å². The average molecular weight is 244 g/mol. The third-order valence-corrected chi connectivity index (χ3v) is 1.62. The van der Waals surface area contributed by atoms with Crippen LogP contribution in [0.5, 0.6) is 0 Å². The van der Waals surface area contributed by atoms with Crippen molar-refractivity contribution in [3.05, 3.63) is 12.7 Å². The number of carbonyl (C=O) groups excluding carboxylic acids is 3. The number of hydrogen-bond donors (Lipinski definition) is 2. The fourth-order valence-corrected chi connectivity index (χ4v) is 0.760. The van der Waals surface area contributed by atoms with Gasteiger partial charge in [-0.05, 0) is 6.92 Å². The van der Waals surface area contributed by atoms with Crippen molar-refractivity contribution in [2.75, 3.05) is 20.3 Å². The van der Waals surface area contributed by atoms with E-state index in [0.29, 0.717) is 0 Å². The highest BCUT2D eigenvalue weighted by Crippen LogP contribution is 1.94. The number of nitrogens with one attached hydrogen (secondary N) is 2. The quantitative estimate of drug-likeness (QED) is 0.488. The zero-order valence-corrected chi connectivity index (χ0v) is 9.82. The highest BCUT2D eigenvalue weighted by molar-refractivity contribution is 5.95. The topological polar surface area (TPSA) is 93.7 Å². The lowest BCUT2D eigenvalue weighted by molar-refractivity contribution is -0.158. The summed E-state index contributed by atoms with van der Waals surface area (Å²) in [5.74, 6) is -1.40. The van der Waals surface area contributed by atoms with Crippen molar-refractivity contribution in [3.63, 3.8) is 0 Å². The van der Waals surface area contributed by atoms with Crippen LogP contribution < -0.4 is 10.6 Å². The van der Waals surface area contributed by atoms with Gasteiger partial charge in [-0.1, -0.05) is 6.08 Å². The first-order chi connectivity index (χ1) is 8.01. The summed E-state index contributed by atoms with van der Waals surface area (Å²) >= 11 is 0. The summed E-state index contributed by atoms with van der Waals surface area (Å²) in [6.07, 6.45) is 0.697. The van der Waals surface area contributed by atoms with Crippen molar-refractivity contribution >= 4 is 17.9 Å². The number of carbonyl (C=O) groups is 3. The number of amides is 3. The maximum Gasteiger partial charge on any atom is 0.335 e.